The Morgan fingerprint density at radius 2 is 1.72 bits per heavy atom. The van der Waals surface area contributed by atoms with Gasteiger partial charge >= 0.3 is 5.97 Å². The van der Waals surface area contributed by atoms with Crippen LogP contribution in [0.2, 0.25) is 0 Å². The zero-order valence-corrected chi connectivity index (χ0v) is 16.9. The zero-order chi connectivity index (χ0) is 21.0. The maximum Gasteiger partial charge on any atom is 0.335 e. The molecule has 0 atom stereocenters. The van der Waals surface area contributed by atoms with Crippen LogP contribution in [0.3, 0.4) is 0 Å². The van der Waals surface area contributed by atoms with Crippen molar-refractivity contribution in [2.24, 2.45) is 17.4 Å². The Bertz CT molecular complexity index is 1010. The van der Waals surface area contributed by atoms with E-state index in [1.54, 1.807) is 18.2 Å². The van der Waals surface area contributed by atoms with Crippen molar-refractivity contribution in [3.8, 4) is 22.4 Å². The number of aromatic nitrogens is 1. The average Bonchev–Trinajstić information content (AvgIpc) is 2.73. The van der Waals surface area contributed by atoms with Gasteiger partial charge in [0.1, 0.15) is 0 Å². The van der Waals surface area contributed by atoms with E-state index in [1.165, 1.54) is 0 Å². The van der Waals surface area contributed by atoms with Crippen LogP contribution in [0.25, 0.3) is 22.4 Å². The summed E-state index contributed by atoms with van der Waals surface area (Å²) in [6.45, 7) is 5.18. The summed E-state index contributed by atoms with van der Waals surface area (Å²) in [5, 5.41) is 9.35. The third kappa shape index (κ3) is 4.70. The fourth-order valence-corrected chi connectivity index (χ4v) is 3.45. The SMILES string of the molecule is CC(C)Cc1nc(-c2cccc(C(=O)O)c2)cc(-c2ccc(CN)cc2)c1CN. The molecule has 0 unspecified atom stereocenters. The molecule has 0 saturated heterocycles. The summed E-state index contributed by atoms with van der Waals surface area (Å²) in [4.78, 5) is 16.3. The van der Waals surface area contributed by atoms with Crippen molar-refractivity contribution in [1.82, 2.24) is 4.98 Å². The van der Waals surface area contributed by atoms with Crippen molar-refractivity contribution in [3.05, 3.63) is 77.0 Å². The van der Waals surface area contributed by atoms with Gasteiger partial charge < -0.3 is 16.6 Å². The Kier molecular flexibility index (Phi) is 6.42. The molecule has 0 radical (unpaired) electrons. The molecule has 1 heterocycles. The van der Waals surface area contributed by atoms with E-state index in [4.69, 9.17) is 16.5 Å². The second-order valence-electron chi connectivity index (χ2n) is 7.57. The van der Waals surface area contributed by atoms with Crippen molar-refractivity contribution in [1.29, 1.82) is 0 Å². The number of aromatic carboxylic acids is 1. The summed E-state index contributed by atoms with van der Waals surface area (Å²) in [6, 6.07) is 17.0. The molecule has 5 N–H and O–H groups in total. The Hall–Kier alpha value is -3.02. The Labute approximate surface area is 171 Å². The van der Waals surface area contributed by atoms with E-state index in [1.807, 2.05) is 36.4 Å². The number of benzene rings is 2. The van der Waals surface area contributed by atoms with Crippen molar-refractivity contribution in [2.75, 3.05) is 0 Å². The first-order valence-corrected chi connectivity index (χ1v) is 9.79. The minimum Gasteiger partial charge on any atom is -0.478 e. The summed E-state index contributed by atoms with van der Waals surface area (Å²) in [7, 11) is 0. The first-order valence-electron chi connectivity index (χ1n) is 9.79. The van der Waals surface area contributed by atoms with E-state index >= 15 is 0 Å². The maximum atomic E-state index is 11.4. The van der Waals surface area contributed by atoms with Gasteiger partial charge in [-0.05, 0) is 52.8 Å². The molecule has 0 saturated carbocycles. The smallest absolute Gasteiger partial charge is 0.335 e. The summed E-state index contributed by atoms with van der Waals surface area (Å²) < 4.78 is 0. The Morgan fingerprint density at radius 3 is 2.31 bits per heavy atom. The number of nitrogens with zero attached hydrogens (tertiary/aromatic N) is 1. The number of hydrogen-bond donors (Lipinski definition) is 3. The van der Waals surface area contributed by atoms with Gasteiger partial charge in [0.05, 0.1) is 11.3 Å². The van der Waals surface area contributed by atoms with Crippen LogP contribution in [-0.4, -0.2) is 16.1 Å². The lowest BCUT2D eigenvalue weighted by Gasteiger charge is -2.17. The molecule has 0 aliphatic rings. The normalized spacial score (nSPS) is 11.1. The fourth-order valence-electron chi connectivity index (χ4n) is 3.45. The van der Waals surface area contributed by atoms with E-state index in [0.29, 0.717) is 19.0 Å². The zero-order valence-electron chi connectivity index (χ0n) is 16.9. The lowest BCUT2D eigenvalue weighted by molar-refractivity contribution is 0.0697. The highest BCUT2D eigenvalue weighted by Gasteiger charge is 2.16. The van der Waals surface area contributed by atoms with Gasteiger partial charge in [-0.2, -0.15) is 0 Å². The first-order chi connectivity index (χ1) is 13.9. The lowest BCUT2D eigenvalue weighted by atomic mass is 9.92. The highest BCUT2D eigenvalue weighted by Crippen LogP contribution is 2.32. The Balaban J connectivity index is 2.21. The average molecular weight is 389 g/mol. The highest BCUT2D eigenvalue weighted by atomic mass is 16.4. The summed E-state index contributed by atoms with van der Waals surface area (Å²) >= 11 is 0. The highest BCUT2D eigenvalue weighted by molar-refractivity contribution is 5.89. The van der Waals surface area contributed by atoms with Crippen LogP contribution in [0.4, 0.5) is 0 Å². The molecule has 0 amide bonds. The van der Waals surface area contributed by atoms with Gasteiger partial charge in [0.25, 0.3) is 0 Å². The fraction of sp³-hybridized carbons (Fsp3) is 0.250. The van der Waals surface area contributed by atoms with Crippen LogP contribution in [0.1, 0.15) is 41.0 Å². The van der Waals surface area contributed by atoms with Crippen LogP contribution in [-0.2, 0) is 19.5 Å². The van der Waals surface area contributed by atoms with E-state index in [0.717, 1.165) is 45.6 Å². The molecule has 0 spiro atoms. The summed E-state index contributed by atoms with van der Waals surface area (Å²) in [6.07, 6.45) is 0.798. The number of carboxylic acids is 1. The van der Waals surface area contributed by atoms with Crippen molar-refractivity contribution in [2.45, 2.75) is 33.4 Å². The van der Waals surface area contributed by atoms with Crippen molar-refractivity contribution < 1.29 is 9.90 Å². The molecule has 3 rings (SSSR count). The molecular weight excluding hydrogens is 362 g/mol. The minimum absolute atomic E-state index is 0.242. The number of rotatable bonds is 7. The van der Waals surface area contributed by atoms with Crippen LogP contribution in [0, 0.1) is 5.92 Å². The van der Waals surface area contributed by atoms with Gasteiger partial charge in [-0.25, -0.2) is 4.79 Å². The molecular formula is C24H27N3O2. The molecule has 3 aromatic rings. The Morgan fingerprint density at radius 1 is 1.00 bits per heavy atom. The molecule has 0 aliphatic carbocycles. The van der Waals surface area contributed by atoms with Gasteiger partial charge in [0.15, 0.2) is 0 Å². The topological polar surface area (TPSA) is 102 Å². The molecule has 0 fully saturated rings. The van der Waals surface area contributed by atoms with Crippen LogP contribution >= 0.6 is 0 Å². The van der Waals surface area contributed by atoms with Crippen molar-refractivity contribution in [3.63, 3.8) is 0 Å². The van der Waals surface area contributed by atoms with Gasteiger partial charge in [0.2, 0.25) is 0 Å². The molecule has 5 heteroatoms. The number of nitrogens with two attached hydrogens (primary N) is 2. The van der Waals surface area contributed by atoms with Crippen LogP contribution < -0.4 is 11.5 Å². The number of carboxylic acid groups (broad SMARTS) is 1. The molecule has 150 valence electrons. The largest absolute Gasteiger partial charge is 0.478 e. The predicted molar refractivity (Wildman–Crippen MR) is 116 cm³/mol. The molecule has 0 aliphatic heterocycles. The molecule has 0 bridgehead atoms. The quantitative estimate of drug-likeness (QED) is 0.561. The molecule has 2 aromatic carbocycles. The van der Waals surface area contributed by atoms with E-state index in [9.17, 15) is 9.90 Å². The second kappa shape index (κ2) is 8.99. The van der Waals surface area contributed by atoms with E-state index in [2.05, 4.69) is 13.8 Å². The monoisotopic (exact) mass is 389 g/mol. The van der Waals surface area contributed by atoms with Gasteiger partial charge in [0, 0.05) is 24.3 Å². The lowest BCUT2D eigenvalue weighted by Crippen LogP contribution is -2.10. The molecule has 29 heavy (non-hydrogen) atoms. The predicted octanol–water partition coefficient (Wildman–Crippen LogP) is 4.23. The number of carbonyl (C=O) groups is 1. The van der Waals surface area contributed by atoms with Gasteiger partial charge in [-0.3, -0.25) is 4.98 Å². The minimum atomic E-state index is -0.953. The van der Waals surface area contributed by atoms with E-state index in [-0.39, 0.29) is 5.56 Å². The maximum absolute atomic E-state index is 11.4. The standard InChI is InChI=1S/C24H27N3O2/c1-15(2)10-23-21(14-26)20(17-8-6-16(13-25)7-9-17)12-22(27-23)18-4-3-5-19(11-18)24(28)29/h3-9,11-12,15H,10,13-14,25-26H2,1-2H3,(H,28,29). The molecule has 1 aromatic heterocycles. The first kappa shape index (κ1) is 20.7. The second-order valence-corrected chi connectivity index (χ2v) is 7.57. The molecule has 5 nitrogen and oxygen atoms in total. The van der Waals surface area contributed by atoms with Crippen LogP contribution in [0.15, 0.2) is 54.6 Å². The van der Waals surface area contributed by atoms with Gasteiger partial charge in [-0.15, -0.1) is 0 Å². The van der Waals surface area contributed by atoms with Crippen LogP contribution in [0.5, 0.6) is 0 Å². The summed E-state index contributed by atoms with van der Waals surface area (Å²) in [5.74, 6) is -0.536. The van der Waals surface area contributed by atoms with E-state index < -0.39 is 5.97 Å². The third-order valence-corrected chi connectivity index (χ3v) is 4.92. The van der Waals surface area contributed by atoms with Crippen molar-refractivity contribution >= 4 is 5.97 Å². The summed E-state index contributed by atoms with van der Waals surface area (Å²) in [5.41, 5.74) is 18.8. The number of hydrogen-bond acceptors (Lipinski definition) is 4. The third-order valence-electron chi connectivity index (χ3n) is 4.92. The number of pyridine rings is 1. The van der Waals surface area contributed by atoms with Gasteiger partial charge in [-0.1, -0.05) is 50.2 Å².